The van der Waals surface area contributed by atoms with Crippen LogP contribution in [0.3, 0.4) is 0 Å². The van der Waals surface area contributed by atoms with Gasteiger partial charge in [-0.05, 0) is 42.7 Å². The predicted octanol–water partition coefficient (Wildman–Crippen LogP) is 5.52. The van der Waals surface area contributed by atoms with Crippen LogP contribution in [-0.2, 0) is 6.54 Å². The minimum Gasteiger partial charge on any atom is -0.213 e. The molecule has 0 bridgehead atoms. The first-order valence-corrected chi connectivity index (χ1v) is 7.77. The van der Waals surface area contributed by atoms with Crippen LogP contribution in [0, 0.1) is 0 Å². The van der Waals surface area contributed by atoms with Gasteiger partial charge in [0.2, 0.25) is 0 Å². The summed E-state index contributed by atoms with van der Waals surface area (Å²) in [6.07, 6.45) is 6.48. The molecular weight excluding hydrogens is 278 g/mol. The summed E-state index contributed by atoms with van der Waals surface area (Å²) in [4.78, 5) is 0. The molecule has 21 heavy (non-hydrogen) atoms. The molecule has 110 valence electrons. The van der Waals surface area contributed by atoms with Crippen molar-refractivity contribution < 1.29 is 0 Å². The third-order valence-electron chi connectivity index (χ3n) is 3.52. The Bertz CT molecular complexity index is 536. The first-order valence-electron chi connectivity index (χ1n) is 7.43. The Morgan fingerprint density at radius 2 is 1.62 bits per heavy atom. The number of halogens is 1. The average molecular weight is 300 g/mol. The van der Waals surface area contributed by atoms with Crippen LogP contribution < -0.4 is 0 Å². The minimum absolute atomic E-state index is 0.354. The molecule has 0 aliphatic heterocycles. The van der Waals surface area contributed by atoms with Crippen molar-refractivity contribution in [1.82, 2.24) is 4.42 Å². The highest BCUT2D eigenvalue weighted by Gasteiger charge is 2.10. The summed E-state index contributed by atoms with van der Waals surface area (Å²) in [6, 6.07) is 21.1. The lowest BCUT2D eigenvalue weighted by Gasteiger charge is -2.21. The van der Waals surface area contributed by atoms with E-state index < -0.39 is 0 Å². The molecule has 0 spiro atoms. The highest BCUT2D eigenvalue weighted by molar-refractivity contribution is 6.13. The second kappa shape index (κ2) is 8.66. The molecule has 0 heterocycles. The van der Waals surface area contributed by atoms with Crippen molar-refractivity contribution in [3.63, 3.8) is 0 Å². The van der Waals surface area contributed by atoms with Gasteiger partial charge in [0.05, 0.1) is 0 Å². The van der Waals surface area contributed by atoms with Gasteiger partial charge in [-0.2, -0.15) is 0 Å². The number of benzene rings is 2. The zero-order chi connectivity index (χ0) is 14.9. The molecule has 2 aromatic carbocycles. The lowest BCUT2D eigenvalue weighted by atomic mass is 10.1. The molecule has 1 atom stereocenters. The summed E-state index contributed by atoms with van der Waals surface area (Å²) in [7, 11) is 0. The van der Waals surface area contributed by atoms with E-state index in [1.165, 1.54) is 11.1 Å². The smallest absolute Gasteiger partial charge is 0.0392 e. The molecule has 0 radical (unpaired) electrons. The van der Waals surface area contributed by atoms with E-state index in [1.54, 1.807) is 0 Å². The Hall–Kier alpha value is -1.57. The van der Waals surface area contributed by atoms with Gasteiger partial charge in [-0.3, -0.25) is 0 Å². The molecule has 0 saturated carbocycles. The number of allylic oxidation sites excluding steroid dienone is 1. The van der Waals surface area contributed by atoms with Crippen molar-refractivity contribution in [2.24, 2.45) is 0 Å². The number of nitrogens with zero attached hydrogens (tertiary/aromatic N) is 1. The van der Waals surface area contributed by atoms with Gasteiger partial charge in [0, 0.05) is 12.6 Å². The maximum Gasteiger partial charge on any atom is 0.0392 e. The quantitative estimate of drug-likeness (QED) is 0.608. The van der Waals surface area contributed by atoms with Gasteiger partial charge in [-0.15, -0.1) is 0 Å². The van der Waals surface area contributed by atoms with E-state index in [4.69, 9.17) is 11.8 Å². The van der Waals surface area contributed by atoms with Gasteiger partial charge in [0.25, 0.3) is 0 Å². The summed E-state index contributed by atoms with van der Waals surface area (Å²) < 4.78 is 1.89. The fourth-order valence-corrected chi connectivity index (χ4v) is 2.41. The molecule has 2 rings (SSSR count). The van der Waals surface area contributed by atoms with Crippen LogP contribution in [0.4, 0.5) is 0 Å². The molecule has 0 aliphatic rings. The maximum absolute atomic E-state index is 6.37. The molecule has 2 aromatic rings. The lowest BCUT2D eigenvalue weighted by molar-refractivity contribution is 0.337. The van der Waals surface area contributed by atoms with Crippen molar-refractivity contribution in [1.29, 1.82) is 0 Å². The highest BCUT2D eigenvalue weighted by atomic mass is 35.5. The number of rotatable bonds is 7. The monoisotopic (exact) mass is 299 g/mol. The van der Waals surface area contributed by atoms with Gasteiger partial charge in [-0.1, -0.05) is 72.8 Å². The first kappa shape index (κ1) is 15.8. The summed E-state index contributed by atoms with van der Waals surface area (Å²) in [5.41, 5.74) is 2.50. The molecule has 0 aliphatic carbocycles. The van der Waals surface area contributed by atoms with Gasteiger partial charge in [-0.25, -0.2) is 4.42 Å². The van der Waals surface area contributed by atoms with Crippen molar-refractivity contribution in [3.8, 4) is 0 Å². The molecule has 1 nitrogen and oxygen atoms in total. The number of hydrogen-bond donors (Lipinski definition) is 0. The standard InChI is InChI=1S/C19H22ClN/c1-17(21(20)16-19-14-6-3-7-15-19)10-8-9-13-18-11-4-2-5-12-18/h2-7,9,11-15,17H,8,10,16H2,1H3/b13-9+. The minimum atomic E-state index is 0.354. The molecule has 0 amide bonds. The van der Waals surface area contributed by atoms with E-state index in [9.17, 15) is 0 Å². The van der Waals surface area contributed by atoms with Crippen molar-refractivity contribution >= 4 is 17.9 Å². The van der Waals surface area contributed by atoms with Crippen LogP contribution in [0.25, 0.3) is 6.08 Å². The van der Waals surface area contributed by atoms with E-state index in [-0.39, 0.29) is 0 Å². The van der Waals surface area contributed by atoms with Gasteiger partial charge >= 0.3 is 0 Å². The molecule has 2 heteroatoms. The topological polar surface area (TPSA) is 3.24 Å². The van der Waals surface area contributed by atoms with Crippen LogP contribution in [0.2, 0.25) is 0 Å². The van der Waals surface area contributed by atoms with Crippen LogP contribution in [0.5, 0.6) is 0 Å². The zero-order valence-electron chi connectivity index (χ0n) is 12.5. The van der Waals surface area contributed by atoms with E-state index in [0.29, 0.717) is 6.04 Å². The van der Waals surface area contributed by atoms with Crippen LogP contribution >= 0.6 is 11.8 Å². The molecular formula is C19H22ClN. The normalized spacial score (nSPS) is 12.9. The Morgan fingerprint density at radius 1 is 1.00 bits per heavy atom. The van der Waals surface area contributed by atoms with Crippen LogP contribution in [-0.4, -0.2) is 10.5 Å². The maximum atomic E-state index is 6.37. The number of hydrogen-bond acceptors (Lipinski definition) is 1. The van der Waals surface area contributed by atoms with Crippen LogP contribution in [0.1, 0.15) is 30.9 Å². The van der Waals surface area contributed by atoms with Crippen molar-refractivity contribution in [2.75, 3.05) is 0 Å². The Morgan fingerprint density at radius 3 is 2.29 bits per heavy atom. The SMILES string of the molecule is CC(CC/C=C/c1ccccc1)N(Cl)Cc1ccccc1. The van der Waals surface area contributed by atoms with Gasteiger partial charge in [0.1, 0.15) is 0 Å². The Kier molecular flexibility index (Phi) is 6.52. The Balaban J connectivity index is 1.74. The summed E-state index contributed by atoms with van der Waals surface area (Å²) in [6.45, 7) is 2.96. The van der Waals surface area contributed by atoms with Gasteiger partial charge < -0.3 is 0 Å². The first-order chi connectivity index (χ1) is 10.3. The summed E-state index contributed by atoms with van der Waals surface area (Å²) in [5.74, 6) is 0. The second-order valence-electron chi connectivity index (χ2n) is 5.28. The van der Waals surface area contributed by atoms with Crippen molar-refractivity contribution in [2.45, 2.75) is 32.4 Å². The third kappa shape index (κ3) is 5.74. The predicted molar refractivity (Wildman–Crippen MR) is 92.0 cm³/mol. The molecule has 1 unspecified atom stereocenters. The summed E-state index contributed by atoms with van der Waals surface area (Å²) >= 11 is 6.37. The largest absolute Gasteiger partial charge is 0.213 e. The van der Waals surface area contributed by atoms with E-state index in [0.717, 1.165) is 19.4 Å². The third-order valence-corrected chi connectivity index (χ3v) is 3.97. The molecule has 0 saturated heterocycles. The molecule has 0 aromatic heterocycles. The second-order valence-corrected chi connectivity index (χ2v) is 5.72. The summed E-state index contributed by atoms with van der Waals surface area (Å²) in [5, 5.41) is 0. The Labute approximate surface area is 133 Å². The average Bonchev–Trinajstić information content (AvgIpc) is 2.53. The fourth-order valence-electron chi connectivity index (χ4n) is 2.17. The highest BCUT2D eigenvalue weighted by Crippen LogP contribution is 2.15. The van der Waals surface area contributed by atoms with Crippen molar-refractivity contribution in [3.05, 3.63) is 77.9 Å². The van der Waals surface area contributed by atoms with E-state index in [1.807, 2.05) is 28.7 Å². The molecule has 0 N–H and O–H groups in total. The van der Waals surface area contributed by atoms with Gasteiger partial charge in [0.15, 0.2) is 0 Å². The fraction of sp³-hybridized carbons (Fsp3) is 0.263. The van der Waals surface area contributed by atoms with Crippen LogP contribution in [0.15, 0.2) is 66.7 Å². The lowest BCUT2D eigenvalue weighted by Crippen LogP contribution is -2.23. The van der Waals surface area contributed by atoms with E-state index >= 15 is 0 Å². The van der Waals surface area contributed by atoms with E-state index in [2.05, 4.69) is 55.5 Å². The zero-order valence-corrected chi connectivity index (χ0v) is 13.2. The molecule has 0 fully saturated rings.